The van der Waals surface area contributed by atoms with Gasteiger partial charge in [-0.2, -0.15) is 0 Å². The Balaban J connectivity index is 2.00. The fourth-order valence-corrected chi connectivity index (χ4v) is 2.59. The van der Waals surface area contributed by atoms with Crippen molar-refractivity contribution in [3.05, 3.63) is 65.5 Å². The van der Waals surface area contributed by atoms with Gasteiger partial charge in [0.2, 0.25) is 0 Å². The summed E-state index contributed by atoms with van der Waals surface area (Å²) in [5.74, 6) is 0. The molecule has 1 aromatic carbocycles. The molecule has 0 saturated heterocycles. The molecule has 0 aliphatic carbocycles. The van der Waals surface area contributed by atoms with E-state index in [4.69, 9.17) is 0 Å². The van der Waals surface area contributed by atoms with Crippen LogP contribution in [0.25, 0.3) is 0 Å². The number of pyridine rings is 1. The summed E-state index contributed by atoms with van der Waals surface area (Å²) in [4.78, 5) is 4.48. The Morgan fingerprint density at radius 3 is 2.57 bits per heavy atom. The van der Waals surface area contributed by atoms with Crippen LogP contribution in [0, 0.1) is 6.92 Å². The number of hydrogen-bond acceptors (Lipinski definition) is 2. The highest BCUT2D eigenvalue weighted by molar-refractivity contribution is 5.20. The minimum Gasteiger partial charge on any atom is -0.304 e. The van der Waals surface area contributed by atoms with Crippen molar-refractivity contribution in [2.75, 3.05) is 0 Å². The van der Waals surface area contributed by atoms with Crippen LogP contribution in [-0.4, -0.2) is 4.98 Å². The fourth-order valence-electron chi connectivity index (χ4n) is 2.59. The quantitative estimate of drug-likeness (QED) is 0.703. The van der Waals surface area contributed by atoms with Gasteiger partial charge in [0.25, 0.3) is 0 Å². The van der Waals surface area contributed by atoms with Crippen molar-refractivity contribution in [3.8, 4) is 0 Å². The highest BCUT2D eigenvalue weighted by atomic mass is 14.9. The molecule has 2 aromatic rings. The van der Waals surface area contributed by atoms with Gasteiger partial charge in [-0.15, -0.1) is 0 Å². The molecule has 0 aliphatic heterocycles. The van der Waals surface area contributed by atoms with Gasteiger partial charge in [0.1, 0.15) is 0 Å². The van der Waals surface area contributed by atoms with Gasteiger partial charge in [-0.05, 0) is 30.5 Å². The number of nitrogens with one attached hydrogen (secondary N) is 1. The molecule has 0 aliphatic rings. The third-order valence-electron chi connectivity index (χ3n) is 3.93. The van der Waals surface area contributed by atoms with Gasteiger partial charge < -0.3 is 5.32 Å². The van der Waals surface area contributed by atoms with E-state index in [1.165, 1.54) is 36.8 Å². The number of hydrogen-bond donors (Lipinski definition) is 1. The monoisotopic (exact) mass is 282 g/mol. The van der Waals surface area contributed by atoms with E-state index in [9.17, 15) is 0 Å². The average Bonchev–Trinajstić information content (AvgIpc) is 2.53. The molecule has 0 amide bonds. The Morgan fingerprint density at radius 1 is 1.05 bits per heavy atom. The summed E-state index contributed by atoms with van der Waals surface area (Å²) in [7, 11) is 0. The number of unbranched alkanes of at least 4 members (excludes halogenated alkanes) is 2. The van der Waals surface area contributed by atoms with Gasteiger partial charge in [-0.25, -0.2) is 0 Å². The van der Waals surface area contributed by atoms with E-state index >= 15 is 0 Å². The summed E-state index contributed by atoms with van der Waals surface area (Å²) in [6.07, 6.45) is 6.89. The van der Waals surface area contributed by atoms with Crippen molar-refractivity contribution in [1.82, 2.24) is 10.3 Å². The summed E-state index contributed by atoms with van der Waals surface area (Å²) in [5.41, 5.74) is 3.78. The van der Waals surface area contributed by atoms with Crippen LogP contribution in [0.15, 0.2) is 48.7 Å². The van der Waals surface area contributed by atoms with Crippen molar-refractivity contribution < 1.29 is 0 Å². The maximum atomic E-state index is 4.48. The summed E-state index contributed by atoms with van der Waals surface area (Å²) in [5, 5.41) is 3.69. The fraction of sp³-hybridized carbons (Fsp3) is 0.421. The smallest absolute Gasteiger partial charge is 0.0570 e. The summed E-state index contributed by atoms with van der Waals surface area (Å²) in [6.45, 7) is 5.21. The minimum absolute atomic E-state index is 0.416. The molecule has 0 bridgehead atoms. The molecule has 2 nitrogen and oxygen atoms in total. The second-order valence-electron chi connectivity index (χ2n) is 5.61. The van der Waals surface area contributed by atoms with Crippen LogP contribution in [0.4, 0.5) is 0 Å². The van der Waals surface area contributed by atoms with Crippen molar-refractivity contribution in [2.24, 2.45) is 0 Å². The largest absolute Gasteiger partial charge is 0.304 e. The molecule has 0 radical (unpaired) electrons. The predicted molar refractivity (Wildman–Crippen MR) is 89.1 cm³/mol. The van der Waals surface area contributed by atoms with Crippen LogP contribution in [0.2, 0.25) is 0 Å². The lowest BCUT2D eigenvalue weighted by Gasteiger charge is -2.19. The third-order valence-corrected chi connectivity index (χ3v) is 3.93. The predicted octanol–water partition coefficient (Wildman–Crippen LogP) is 4.80. The third kappa shape index (κ3) is 4.98. The first-order valence-corrected chi connectivity index (χ1v) is 8.00. The van der Waals surface area contributed by atoms with Crippen LogP contribution in [0.1, 0.15) is 55.5 Å². The van der Waals surface area contributed by atoms with Crippen LogP contribution >= 0.6 is 0 Å². The first-order chi connectivity index (χ1) is 10.3. The zero-order valence-corrected chi connectivity index (χ0v) is 13.2. The number of benzene rings is 1. The van der Waals surface area contributed by atoms with Crippen molar-refractivity contribution in [3.63, 3.8) is 0 Å². The Hall–Kier alpha value is -1.67. The molecule has 2 rings (SSSR count). The van der Waals surface area contributed by atoms with E-state index in [0.717, 1.165) is 12.2 Å². The summed E-state index contributed by atoms with van der Waals surface area (Å²) < 4.78 is 0. The first-order valence-electron chi connectivity index (χ1n) is 8.00. The molecule has 0 spiro atoms. The molecule has 2 heteroatoms. The van der Waals surface area contributed by atoms with Crippen molar-refractivity contribution in [1.29, 1.82) is 0 Å². The van der Waals surface area contributed by atoms with Crippen LogP contribution in [-0.2, 0) is 6.54 Å². The zero-order valence-electron chi connectivity index (χ0n) is 13.2. The lowest BCUT2D eigenvalue weighted by molar-refractivity contribution is 0.470. The standard InChI is InChI=1S/C19H26N2/c1-3-4-6-13-18(17-11-7-5-8-12-17)21-15-19-16(2)10-9-14-20-19/h5,7-12,14,18,21H,3-4,6,13,15H2,1-2H3. The maximum Gasteiger partial charge on any atom is 0.0570 e. The molecule has 0 saturated carbocycles. The van der Waals surface area contributed by atoms with Gasteiger partial charge in [0.05, 0.1) is 5.69 Å². The van der Waals surface area contributed by atoms with Crippen LogP contribution < -0.4 is 5.32 Å². The molecular formula is C19H26N2. The first kappa shape index (κ1) is 15.7. The van der Waals surface area contributed by atoms with E-state index in [0.29, 0.717) is 6.04 Å². The molecule has 1 aromatic heterocycles. The lowest BCUT2D eigenvalue weighted by Crippen LogP contribution is -2.22. The normalized spacial score (nSPS) is 12.3. The number of nitrogens with zero attached hydrogens (tertiary/aromatic N) is 1. The molecule has 1 unspecified atom stereocenters. The Labute approximate surface area is 128 Å². The lowest BCUT2D eigenvalue weighted by atomic mass is 10.00. The highest BCUT2D eigenvalue weighted by Crippen LogP contribution is 2.20. The topological polar surface area (TPSA) is 24.9 Å². The molecule has 1 atom stereocenters. The molecule has 0 fully saturated rings. The van der Waals surface area contributed by atoms with Crippen LogP contribution in [0.5, 0.6) is 0 Å². The van der Waals surface area contributed by atoms with E-state index in [1.807, 2.05) is 12.3 Å². The second-order valence-corrected chi connectivity index (χ2v) is 5.61. The highest BCUT2D eigenvalue weighted by Gasteiger charge is 2.11. The van der Waals surface area contributed by atoms with E-state index in [2.05, 4.69) is 60.5 Å². The summed E-state index contributed by atoms with van der Waals surface area (Å²) >= 11 is 0. The Morgan fingerprint density at radius 2 is 1.86 bits per heavy atom. The zero-order chi connectivity index (χ0) is 14.9. The van der Waals surface area contributed by atoms with Crippen molar-refractivity contribution >= 4 is 0 Å². The van der Waals surface area contributed by atoms with Crippen LogP contribution in [0.3, 0.4) is 0 Å². The van der Waals surface area contributed by atoms with Gasteiger partial charge in [0, 0.05) is 18.8 Å². The second kappa shape index (κ2) is 8.58. The Kier molecular flexibility index (Phi) is 6.42. The Bertz CT molecular complexity index is 522. The maximum absolute atomic E-state index is 4.48. The average molecular weight is 282 g/mol. The molecular weight excluding hydrogens is 256 g/mol. The van der Waals surface area contributed by atoms with E-state index in [-0.39, 0.29) is 0 Å². The molecule has 21 heavy (non-hydrogen) atoms. The number of aromatic nitrogens is 1. The SMILES string of the molecule is CCCCCC(NCc1ncccc1C)c1ccccc1. The minimum atomic E-state index is 0.416. The van der Waals surface area contributed by atoms with Gasteiger partial charge in [-0.1, -0.05) is 62.6 Å². The van der Waals surface area contributed by atoms with Gasteiger partial charge in [0.15, 0.2) is 0 Å². The number of rotatable bonds is 8. The molecule has 112 valence electrons. The summed E-state index contributed by atoms with van der Waals surface area (Å²) in [6, 6.07) is 15.3. The van der Waals surface area contributed by atoms with Gasteiger partial charge in [-0.3, -0.25) is 4.98 Å². The molecule has 1 heterocycles. The van der Waals surface area contributed by atoms with E-state index in [1.54, 1.807) is 0 Å². The van der Waals surface area contributed by atoms with Crippen molar-refractivity contribution in [2.45, 2.75) is 52.1 Å². The molecule has 1 N–H and O–H groups in total. The van der Waals surface area contributed by atoms with Gasteiger partial charge >= 0.3 is 0 Å². The number of aryl methyl sites for hydroxylation is 1. The van der Waals surface area contributed by atoms with E-state index < -0.39 is 0 Å².